The summed E-state index contributed by atoms with van der Waals surface area (Å²) in [4.78, 5) is 34.4. The molecule has 24 heavy (non-hydrogen) atoms. The molecule has 1 N–H and O–H groups in total. The molecule has 0 aliphatic carbocycles. The molecule has 0 aliphatic rings. The molecule has 9 nitrogen and oxygen atoms in total. The summed E-state index contributed by atoms with van der Waals surface area (Å²) in [6.45, 7) is 4.49. The minimum atomic E-state index is -1.12. The van der Waals surface area contributed by atoms with Crippen LogP contribution < -0.4 is 5.32 Å². The lowest BCUT2D eigenvalue weighted by Crippen LogP contribution is -2.30. The average molecular weight is 333 g/mol. The molecule has 1 aromatic heterocycles. The van der Waals surface area contributed by atoms with Crippen molar-refractivity contribution in [3.8, 4) is 0 Å². The van der Waals surface area contributed by atoms with Crippen molar-refractivity contribution in [2.45, 2.75) is 26.9 Å². The van der Waals surface area contributed by atoms with E-state index in [2.05, 4.69) is 10.5 Å². The number of aryl methyl sites for hydroxylation is 1. The topological polar surface area (TPSA) is 125 Å². The third-order valence-corrected chi connectivity index (χ3v) is 3.25. The van der Waals surface area contributed by atoms with Crippen molar-refractivity contribution in [3.05, 3.63) is 51.3 Å². The van der Waals surface area contributed by atoms with E-state index in [1.165, 1.54) is 38.1 Å². The largest absolute Gasteiger partial charge is 0.449 e. The van der Waals surface area contributed by atoms with Crippen LogP contribution >= 0.6 is 0 Å². The predicted octanol–water partition coefficient (Wildman–Crippen LogP) is 2.38. The Hall–Kier alpha value is -3.23. The summed E-state index contributed by atoms with van der Waals surface area (Å²) in [6, 6.07) is 5.58. The van der Waals surface area contributed by atoms with Crippen molar-refractivity contribution in [2.24, 2.45) is 0 Å². The van der Waals surface area contributed by atoms with Crippen LogP contribution in [0.5, 0.6) is 0 Å². The fourth-order valence-electron chi connectivity index (χ4n) is 1.97. The fourth-order valence-corrected chi connectivity index (χ4v) is 1.97. The van der Waals surface area contributed by atoms with Gasteiger partial charge in [0, 0.05) is 17.7 Å². The van der Waals surface area contributed by atoms with Crippen molar-refractivity contribution in [1.29, 1.82) is 0 Å². The first-order chi connectivity index (χ1) is 11.3. The number of nitro groups is 1. The van der Waals surface area contributed by atoms with Gasteiger partial charge in [-0.25, -0.2) is 4.79 Å². The van der Waals surface area contributed by atoms with Crippen molar-refractivity contribution in [1.82, 2.24) is 5.16 Å². The second kappa shape index (κ2) is 6.90. The van der Waals surface area contributed by atoms with Crippen LogP contribution in [0.3, 0.4) is 0 Å². The number of hydrogen-bond donors (Lipinski definition) is 1. The molecular formula is C15H15N3O6. The molecule has 2 aromatic rings. The molecule has 0 saturated carbocycles. The van der Waals surface area contributed by atoms with Crippen molar-refractivity contribution in [3.63, 3.8) is 0 Å². The zero-order valence-electron chi connectivity index (χ0n) is 13.2. The highest BCUT2D eigenvalue weighted by Crippen LogP contribution is 2.22. The summed E-state index contributed by atoms with van der Waals surface area (Å²) in [5.41, 5.74) is 0.00740. The third kappa shape index (κ3) is 3.75. The molecule has 0 aliphatic heterocycles. The van der Waals surface area contributed by atoms with Gasteiger partial charge in [-0.2, -0.15) is 0 Å². The van der Waals surface area contributed by atoms with E-state index in [-0.39, 0.29) is 22.6 Å². The molecule has 1 atom stereocenters. The van der Waals surface area contributed by atoms with Crippen LogP contribution in [0.2, 0.25) is 0 Å². The molecule has 1 unspecified atom stereocenters. The molecular weight excluding hydrogens is 318 g/mol. The highest BCUT2D eigenvalue weighted by molar-refractivity contribution is 5.97. The lowest BCUT2D eigenvalue weighted by atomic mass is 10.1. The standard InChI is InChI=1S/C15H15N3O6/c1-8-7-13(17-24-8)16-14(19)10(3)23-15(20)11-5-4-6-12(9(11)2)18(21)22/h4-7,10H,1-3H3,(H,16,17,19). The van der Waals surface area contributed by atoms with Gasteiger partial charge in [0.1, 0.15) is 5.76 Å². The van der Waals surface area contributed by atoms with Crippen molar-refractivity contribution in [2.75, 3.05) is 5.32 Å². The second-order valence-corrected chi connectivity index (χ2v) is 5.07. The van der Waals surface area contributed by atoms with Crippen LogP contribution in [0.15, 0.2) is 28.8 Å². The van der Waals surface area contributed by atoms with Gasteiger partial charge < -0.3 is 14.6 Å². The van der Waals surface area contributed by atoms with Gasteiger partial charge in [0.05, 0.1) is 10.5 Å². The van der Waals surface area contributed by atoms with Crippen molar-refractivity contribution >= 4 is 23.4 Å². The highest BCUT2D eigenvalue weighted by atomic mass is 16.6. The molecule has 1 amide bonds. The van der Waals surface area contributed by atoms with Crippen LogP contribution in [0.25, 0.3) is 0 Å². The van der Waals surface area contributed by atoms with Gasteiger partial charge in [0.25, 0.3) is 11.6 Å². The van der Waals surface area contributed by atoms with Crippen LogP contribution in [-0.4, -0.2) is 28.1 Å². The van der Waals surface area contributed by atoms with Gasteiger partial charge in [-0.1, -0.05) is 11.2 Å². The number of anilines is 1. The van der Waals surface area contributed by atoms with Crippen LogP contribution in [-0.2, 0) is 9.53 Å². The zero-order chi connectivity index (χ0) is 17.9. The molecule has 0 saturated heterocycles. The number of carbonyl (C=O) groups is 2. The minimum absolute atomic E-state index is 0.0288. The van der Waals surface area contributed by atoms with Crippen LogP contribution in [0.1, 0.15) is 28.6 Å². The monoisotopic (exact) mass is 333 g/mol. The molecule has 126 valence electrons. The van der Waals surface area contributed by atoms with Gasteiger partial charge in [0.2, 0.25) is 0 Å². The Bertz CT molecular complexity index is 798. The number of aromatic nitrogens is 1. The van der Waals surface area contributed by atoms with E-state index in [9.17, 15) is 19.7 Å². The Morgan fingerprint density at radius 2 is 2.08 bits per heavy atom. The maximum Gasteiger partial charge on any atom is 0.339 e. The number of nitrogens with one attached hydrogen (secondary N) is 1. The van der Waals surface area contributed by atoms with Gasteiger partial charge >= 0.3 is 5.97 Å². The van der Waals surface area contributed by atoms with E-state index in [0.29, 0.717) is 5.76 Å². The number of nitro benzene ring substituents is 1. The number of nitrogens with zero attached hydrogens (tertiary/aromatic N) is 2. The number of esters is 1. The second-order valence-electron chi connectivity index (χ2n) is 5.07. The zero-order valence-corrected chi connectivity index (χ0v) is 13.2. The molecule has 1 aromatic carbocycles. The molecule has 9 heteroatoms. The summed E-state index contributed by atoms with van der Waals surface area (Å²) < 4.78 is 9.87. The number of amides is 1. The summed E-state index contributed by atoms with van der Waals surface area (Å²) in [5, 5.41) is 16.9. The maximum absolute atomic E-state index is 12.2. The first-order valence-electron chi connectivity index (χ1n) is 6.98. The molecule has 0 bridgehead atoms. The Morgan fingerprint density at radius 3 is 2.67 bits per heavy atom. The number of benzene rings is 1. The molecule has 2 rings (SSSR count). The quantitative estimate of drug-likeness (QED) is 0.506. The minimum Gasteiger partial charge on any atom is -0.449 e. The number of hydrogen-bond acceptors (Lipinski definition) is 7. The van der Waals surface area contributed by atoms with E-state index >= 15 is 0 Å². The fraction of sp³-hybridized carbons (Fsp3) is 0.267. The predicted molar refractivity (Wildman–Crippen MR) is 82.6 cm³/mol. The molecule has 0 fully saturated rings. The third-order valence-electron chi connectivity index (χ3n) is 3.25. The Labute approximate surface area is 136 Å². The summed E-state index contributed by atoms with van der Waals surface area (Å²) >= 11 is 0. The summed E-state index contributed by atoms with van der Waals surface area (Å²) in [7, 11) is 0. The Kier molecular flexibility index (Phi) is 4.93. The van der Waals surface area contributed by atoms with E-state index in [1.54, 1.807) is 6.92 Å². The van der Waals surface area contributed by atoms with Crippen LogP contribution in [0, 0.1) is 24.0 Å². The first kappa shape index (κ1) is 17.1. The van der Waals surface area contributed by atoms with Gasteiger partial charge in [-0.3, -0.25) is 14.9 Å². The smallest absolute Gasteiger partial charge is 0.339 e. The SMILES string of the molecule is Cc1cc(NC(=O)C(C)OC(=O)c2cccc([N+](=O)[O-])c2C)no1. The maximum atomic E-state index is 12.2. The number of carbonyl (C=O) groups excluding carboxylic acids is 2. The van der Waals surface area contributed by atoms with Gasteiger partial charge in [-0.05, 0) is 26.8 Å². The molecule has 0 radical (unpaired) electrons. The summed E-state index contributed by atoms with van der Waals surface area (Å²) in [6.07, 6.45) is -1.12. The van der Waals surface area contributed by atoms with E-state index in [0.717, 1.165) is 0 Å². The lowest BCUT2D eigenvalue weighted by molar-refractivity contribution is -0.385. The van der Waals surface area contributed by atoms with Crippen molar-refractivity contribution < 1.29 is 23.8 Å². The average Bonchev–Trinajstić information content (AvgIpc) is 2.91. The van der Waals surface area contributed by atoms with Gasteiger partial charge in [0.15, 0.2) is 11.9 Å². The molecule has 0 spiro atoms. The highest BCUT2D eigenvalue weighted by Gasteiger charge is 2.23. The van der Waals surface area contributed by atoms with E-state index in [4.69, 9.17) is 9.26 Å². The van der Waals surface area contributed by atoms with Crippen LogP contribution in [0.4, 0.5) is 11.5 Å². The number of ether oxygens (including phenoxy) is 1. The van der Waals surface area contributed by atoms with Gasteiger partial charge in [-0.15, -0.1) is 0 Å². The number of rotatable bonds is 5. The Morgan fingerprint density at radius 1 is 1.38 bits per heavy atom. The normalized spacial score (nSPS) is 11.6. The van der Waals surface area contributed by atoms with E-state index < -0.39 is 22.9 Å². The lowest BCUT2D eigenvalue weighted by Gasteiger charge is -2.13. The Balaban J connectivity index is 2.07. The first-order valence-corrected chi connectivity index (χ1v) is 6.98. The summed E-state index contributed by atoms with van der Waals surface area (Å²) in [5.74, 6) is -0.705. The van der Waals surface area contributed by atoms with E-state index in [1.807, 2.05) is 0 Å². The molecule has 1 heterocycles.